The molecule has 144 valence electrons. The maximum absolute atomic E-state index is 12.8. The molecule has 0 aliphatic carbocycles. The molecule has 27 heavy (non-hydrogen) atoms. The zero-order valence-electron chi connectivity index (χ0n) is 17.4. The van der Waals surface area contributed by atoms with E-state index in [1.54, 1.807) is 0 Å². The molecule has 2 aromatic carbocycles. The number of carbonyl (C=O) groups is 1. The second-order valence-corrected chi connectivity index (χ2v) is 9.42. The summed E-state index contributed by atoms with van der Waals surface area (Å²) in [5.41, 5.74) is 4.69. The number of para-hydroxylation sites is 1. The summed E-state index contributed by atoms with van der Waals surface area (Å²) in [4.78, 5) is 14.6. The highest BCUT2D eigenvalue weighted by Gasteiger charge is 2.26. The summed E-state index contributed by atoms with van der Waals surface area (Å²) in [5, 5.41) is 0. The van der Waals surface area contributed by atoms with Gasteiger partial charge < -0.3 is 9.64 Å². The van der Waals surface area contributed by atoms with Gasteiger partial charge in [-0.1, -0.05) is 71.9 Å². The second-order valence-electron chi connectivity index (χ2n) is 9.42. The predicted octanol–water partition coefficient (Wildman–Crippen LogP) is 5.25. The predicted molar refractivity (Wildman–Crippen MR) is 112 cm³/mol. The van der Waals surface area contributed by atoms with Gasteiger partial charge in [-0.2, -0.15) is 0 Å². The normalized spacial score (nSPS) is 14.2. The number of nitrogens with zero attached hydrogens (tertiary/aromatic N) is 1. The molecule has 0 radical (unpaired) electrons. The van der Waals surface area contributed by atoms with Gasteiger partial charge in [0, 0.05) is 12.2 Å². The molecule has 0 unspecified atom stereocenters. The highest BCUT2D eigenvalue weighted by Crippen LogP contribution is 2.35. The lowest BCUT2D eigenvalue weighted by atomic mass is 9.80. The van der Waals surface area contributed by atoms with E-state index >= 15 is 0 Å². The fraction of sp³-hybridized carbons (Fsp3) is 0.458. The van der Waals surface area contributed by atoms with Gasteiger partial charge in [0.1, 0.15) is 5.75 Å². The highest BCUT2D eigenvalue weighted by atomic mass is 16.5. The van der Waals surface area contributed by atoms with E-state index in [1.807, 2.05) is 29.2 Å². The van der Waals surface area contributed by atoms with Crippen molar-refractivity contribution in [3.05, 3.63) is 59.2 Å². The Balaban J connectivity index is 1.79. The van der Waals surface area contributed by atoms with Gasteiger partial charge in [0.2, 0.25) is 0 Å². The monoisotopic (exact) mass is 365 g/mol. The van der Waals surface area contributed by atoms with Crippen LogP contribution in [0.2, 0.25) is 0 Å². The first-order chi connectivity index (χ1) is 12.6. The van der Waals surface area contributed by atoms with Gasteiger partial charge in [0.25, 0.3) is 5.91 Å². The van der Waals surface area contributed by atoms with Crippen LogP contribution in [-0.4, -0.2) is 19.1 Å². The largest absolute Gasteiger partial charge is 0.483 e. The van der Waals surface area contributed by atoms with E-state index in [4.69, 9.17) is 4.74 Å². The number of benzene rings is 2. The maximum atomic E-state index is 12.8. The van der Waals surface area contributed by atoms with Gasteiger partial charge in [-0.3, -0.25) is 4.79 Å². The van der Waals surface area contributed by atoms with Crippen LogP contribution in [0.15, 0.2) is 42.5 Å². The minimum atomic E-state index is -0.0557. The lowest BCUT2D eigenvalue weighted by Crippen LogP contribution is -2.33. The lowest BCUT2D eigenvalue weighted by molar-refractivity contribution is -0.120. The van der Waals surface area contributed by atoms with Crippen LogP contribution in [0.1, 0.15) is 58.2 Å². The summed E-state index contributed by atoms with van der Waals surface area (Å²) < 4.78 is 6.03. The number of ether oxygens (including phenoxy) is 1. The molecule has 0 aromatic heterocycles. The fourth-order valence-corrected chi connectivity index (χ4v) is 3.52. The van der Waals surface area contributed by atoms with Crippen LogP contribution in [0.4, 0.5) is 5.69 Å². The second kappa shape index (κ2) is 7.03. The third-order valence-corrected chi connectivity index (χ3v) is 5.19. The number of carbonyl (C=O) groups excluding carboxylic acids is 1. The minimum Gasteiger partial charge on any atom is -0.483 e. The summed E-state index contributed by atoms with van der Waals surface area (Å²) in [6.45, 7) is 14.0. The lowest BCUT2D eigenvalue weighted by Gasteiger charge is -2.27. The Kier molecular flexibility index (Phi) is 5.07. The molecular weight excluding hydrogens is 334 g/mol. The third kappa shape index (κ3) is 4.18. The smallest absolute Gasteiger partial charge is 0.264 e. The number of fused-ring (bicyclic) bond motifs is 1. The maximum Gasteiger partial charge on any atom is 0.264 e. The van der Waals surface area contributed by atoms with Crippen molar-refractivity contribution in [2.75, 3.05) is 18.1 Å². The minimum absolute atomic E-state index is 0.0136. The van der Waals surface area contributed by atoms with Crippen molar-refractivity contribution in [1.29, 1.82) is 0 Å². The number of rotatable bonds is 3. The average molecular weight is 366 g/mol. The molecule has 1 aliphatic heterocycles. The molecule has 3 rings (SSSR count). The Hall–Kier alpha value is -2.29. The van der Waals surface area contributed by atoms with Crippen molar-refractivity contribution in [2.45, 2.75) is 58.8 Å². The molecule has 0 bridgehead atoms. The summed E-state index contributed by atoms with van der Waals surface area (Å²) in [7, 11) is 0. The van der Waals surface area contributed by atoms with Crippen LogP contribution in [0.3, 0.4) is 0 Å². The summed E-state index contributed by atoms with van der Waals surface area (Å²) in [6.07, 6.45) is 0.912. The standard InChI is InChI=1S/C24H31NO2/c1-23(2,3)18-11-12-21(19(15-18)24(4,5)6)27-16-22(26)25-14-13-17-9-7-8-10-20(17)25/h7-12,15H,13-14,16H2,1-6H3. The molecule has 0 fully saturated rings. The molecular formula is C24H31NO2. The highest BCUT2D eigenvalue weighted by molar-refractivity contribution is 5.96. The topological polar surface area (TPSA) is 29.5 Å². The van der Waals surface area contributed by atoms with Crippen molar-refractivity contribution in [2.24, 2.45) is 0 Å². The third-order valence-electron chi connectivity index (χ3n) is 5.19. The number of hydrogen-bond acceptors (Lipinski definition) is 2. The van der Waals surface area contributed by atoms with Gasteiger partial charge in [-0.05, 0) is 46.1 Å². The van der Waals surface area contributed by atoms with E-state index in [0.29, 0.717) is 0 Å². The average Bonchev–Trinajstić information content (AvgIpc) is 3.02. The van der Waals surface area contributed by atoms with Crippen LogP contribution in [0.5, 0.6) is 5.75 Å². The van der Waals surface area contributed by atoms with E-state index in [2.05, 4.69) is 59.7 Å². The SMILES string of the molecule is CC(C)(C)c1ccc(OCC(=O)N2CCc3ccccc32)c(C(C)(C)C)c1. The van der Waals surface area contributed by atoms with Gasteiger partial charge >= 0.3 is 0 Å². The first-order valence-electron chi connectivity index (χ1n) is 9.73. The van der Waals surface area contributed by atoms with E-state index < -0.39 is 0 Å². The van der Waals surface area contributed by atoms with Crippen molar-refractivity contribution in [3.8, 4) is 5.75 Å². The Labute approximate surface area is 163 Å². The molecule has 0 spiro atoms. The fourth-order valence-electron chi connectivity index (χ4n) is 3.52. The summed E-state index contributed by atoms with van der Waals surface area (Å²) >= 11 is 0. The van der Waals surface area contributed by atoms with Crippen LogP contribution >= 0.6 is 0 Å². The molecule has 1 heterocycles. The van der Waals surface area contributed by atoms with Gasteiger partial charge in [-0.25, -0.2) is 0 Å². The molecule has 0 saturated heterocycles. The molecule has 1 aliphatic rings. The molecule has 3 heteroatoms. The van der Waals surface area contributed by atoms with Crippen molar-refractivity contribution in [3.63, 3.8) is 0 Å². The van der Waals surface area contributed by atoms with Crippen molar-refractivity contribution < 1.29 is 9.53 Å². The molecule has 3 nitrogen and oxygen atoms in total. The Morgan fingerprint density at radius 2 is 1.70 bits per heavy atom. The van der Waals surface area contributed by atoms with E-state index in [9.17, 15) is 4.79 Å². The number of hydrogen-bond donors (Lipinski definition) is 0. The first kappa shape index (κ1) is 19.5. The molecule has 2 aromatic rings. The zero-order chi connectivity index (χ0) is 19.8. The number of amides is 1. The Morgan fingerprint density at radius 1 is 1.00 bits per heavy atom. The van der Waals surface area contributed by atoms with Crippen LogP contribution < -0.4 is 9.64 Å². The van der Waals surface area contributed by atoms with E-state index in [1.165, 1.54) is 11.1 Å². The van der Waals surface area contributed by atoms with Gasteiger partial charge in [0.15, 0.2) is 6.61 Å². The van der Waals surface area contributed by atoms with Gasteiger partial charge in [-0.15, -0.1) is 0 Å². The molecule has 0 atom stereocenters. The van der Waals surface area contributed by atoms with Gasteiger partial charge in [0.05, 0.1) is 0 Å². The molecule has 1 amide bonds. The van der Waals surface area contributed by atoms with Crippen molar-refractivity contribution in [1.82, 2.24) is 0 Å². The summed E-state index contributed by atoms with van der Waals surface area (Å²) in [6, 6.07) is 14.5. The van der Waals surface area contributed by atoms with Crippen LogP contribution in [0, 0.1) is 0 Å². The van der Waals surface area contributed by atoms with E-state index in [0.717, 1.165) is 30.0 Å². The van der Waals surface area contributed by atoms with Crippen molar-refractivity contribution >= 4 is 11.6 Å². The zero-order valence-corrected chi connectivity index (χ0v) is 17.4. The Morgan fingerprint density at radius 3 is 2.37 bits per heavy atom. The Bertz CT molecular complexity index is 840. The first-order valence-corrected chi connectivity index (χ1v) is 9.73. The quantitative estimate of drug-likeness (QED) is 0.743. The molecule has 0 N–H and O–H groups in total. The molecule has 0 saturated carbocycles. The number of anilines is 1. The summed E-state index contributed by atoms with van der Waals surface area (Å²) in [5.74, 6) is 0.816. The van der Waals surface area contributed by atoms with E-state index in [-0.39, 0.29) is 23.3 Å². The van der Waals surface area contributed by atoms with Crippen LogP contribution in [-0.2, 0) is 22.0 Å². The van der Waals surface area contributed by atoms with Crippen LogP contribution in [0.25, 0.3) is 0 Å².